The van der Waals surface area contributed by atoms with Crippen LogP contribution in [0.25, 0.3) is 42.3 Å². The smallest absolute Gasteiger partial charge is 0.0728 e. The average Bonchev–Trinajstić information content (AvgIpc) is 3.58. The van der Waals surface area contributed by atoms with Crippen LogP contribution in [0.2, 0.25) is 0 Å². The zero-order valence-electron chi connectivity index (χ0n) is 19.0. The fourth-order valence-electron chi connectivity index (χ4n) is 6.32. The maximum Gasteiger partial charge on any atom is 0.0728 e. The minimum atomic E-state index is -0.355. The molecule has 7 aromatic rings. The van der Waals surface area contributed by atoms with Crippen LogP contribution in [0.1, 0.15) is 22.3 Å². The molecule has 2 aromatic heterocycles. The Labute approximate surface area is 207 Å². The van der Waals surface area contributed by atoms with Crippen LogP contribution in [-0.2, 0) is 5.41 Å². The Kier molecular flexibility index (Phi) is 3.81. The van der Waals surface area contributed by atoms with E-state index in [4.69, 9.17) is 0 Å². The number of aromatic nitrogens is 1. The summed E-state index contributed by atoms with van der Waals surface area (Å²) in [5.74, 6) is 0. The summed E-state index contributed by atoms with van der Waals surface area (Å²) in [7, 11) is 0. The van der Waals surface area contributed by atoms with Crippen LogP contribution in [0.15, 0.2) is 121 Å². The number of nitrogens with one attached hydrogen (secondary N) is 1. The van der Waals surface area contributed by atoms with Crippen molar-refractivity contribution in [1.29, 1.82) is 0 Å². The van der Waals surface area contributed by atoms with Crippen LogP contribution in [0.5, 0.6) is 0 Å². The largest absolute Gasteiger partial charge is 0.353 e. The second-order valence-electron chi connectivity index (χ2n) is 9.37. The van der Waals surface area contributed by atoms with Crippen molar-refractivity contribution in [2.45, 2.75) is 5.41 Å². The van der Waals surface area contributed by atoms with Crippen molar-refractivity contribution >= 4 is 43.2 Å². The van der Waals surface area contributed by atoms with Gasteiger partial charge in [0.15, 0.2) is 0 Å². The molecule has 0 spiro atoms. The Balaban J connectivity index is 1.59. The molecule has 0 amide bonds. The van der Waals surface area contributed by atoms with Crippen molar-refractivity contribution < 1.29 is 0 Å². The van der Waals surface area contributed by atoms with Crippen molar-refractivity contribution in [1.82, 2.24) is 4.98 Å². The number of benzene rings is 5. The lowest BCUT2D eigenvalue weighted by Gasteiger charge is -2.33. The molecule has 0 unspecified atom stereocenters. The van der Waals surface area contributed by atoms with Crippen molar-refractivity contribution in [3.05, 3.63) is 144 Å². The van der Waals surface area contributed by atoms with Crippen LogP contribution in [-0.4, -0.2) is 4.98 Å². The first-order chi connectivity index (χ1) is 17.4. The summed E-state index contributed by atoms with van der Waals surface area (Å²) in [4.78, 5) is 5.13. The fourth-order valence-corrected chi connectivity index (χ4v) is 7.72. The summed E-state index contributed by atoms with van der Waals surface area (Å²) in [6.45, 7) is 0. The molecule has 1 nitrogen and oxygen atoms in total. The van der Waals surface area contributed by atoms with Crippen LogP contribution >= 0.6 is 11.3 Å². The summed E-state index contributed by atoms with van der Waals surface area (Å²) >= 11 is 1.93. The van der Waals surface area contributed by atoms with E-state index in [0.717, 1.165) is 0 Å². The lowest BCUT2D eigenvalue weighted by molar-refractivity contribution is 0.777. The Bertz CT molecular complexity index is 1850. The molecule has 0 radical (unpaired) electrons. The highest BCUT2D eigenvalue weighted by Gasteiger charge is 2.48. The first-order valence-corrected chi connectivity index (χ1v) is 12.9. The predicted molar refractivity (Wildman–Crippen MR) is 148 cm³/mol. The van der Waals surface area contributed by atoms with Gasteiger partial charge in [-0.2, -0.15) is 0 Å². The highest BCUT2D eigenvalue weighted by molar-refractivity contribution is 7.23. The van der Waals surface area contributed by atoms with Crippen molar-refractivity contribution in [3.63, 3.8) is 0 Å². The van der Waals surface area contributed by atoms with Crippen LogP contribution in [0.3, 0.4) is 0 Å². The quantitative estimate of drug-likeness (QED) is 0.263. The molecule has 1 aliphatic rings. The van der Waals surface area contributed by atoms with Gasteiger partial charge < -0.3 is 4.98 Å². The number of para-hydroxylation sites is 1. The Morgan fingerprint density at radius 1 is 0.543 bits per heavy atom. The predicted octanol–water partition coefficient (Wildman–Crippen LogP) is 8.90. The number of fused-ring (bicyclic) bond motifs is 9. The lowest BCUT2D eigenvalue weighted by Crippen LogP contribution is -2.28. The van der Waals surface area contributed by atoms with E-state index < -0.39 is 0 Å². The molecule has 35 heavy (non-hydrogen) atoms. The molecule has 0 bridgehead atoms. The molecule has 0 aliphatic heterocycles. The number of H-pyrrole nitrogens is 1. The third kappa shape index (κ3) is 2.37. The van der Waals surface area contributed by atoms with E-state index in [9.17, 15) is 0 Å². The van der Waals surface area contributed by atoms with Gasteiger partial charge in [0.05, 0.1) is 15.6 Å². The molecule has 5 aromatic carbocycles. The van der Waals surface area contributed by atoms with E-state index >= 15 is 0 Å². The van der Waals surface area contributed by atoms with Gasteiger partial charge in [-0.1, -0.05) is 115 Å². The van der Waals surface area contributed by atoms with E-state index in [1.807, 2.05) is 11.3 Å². The maximum atomic E-state index is 3.75. The van der Waals surface area contributed by atoms with Gasteiger partial charge in [-0.05, 0) is 33.9 Å². The molecule has 1 aliphatic carbocycles. The van der Waals surface area contributed by atoms with Gasteiger partial charge in [0.1, 0.15) is 0 Å². The highest BCUT2D eigenvalue weighted by Crippen LogP contribution is 2.61. The van der Waals surface area contributed by atoms with E-state index in [1.165, 1.54) is 64.6 Å². The third-order valence-electron chi connectivity index (χ3n) is 7.70. The Morgan fingerprint density at radius 2 is 1.17 bits per heavy atom. The van der Waals surface area contributed by atoms with Crippen molar-refractivity contribution in [2.75, 3.05) is 0 Å². The van der Waals surface area contributed by atoms with Gasteiger partial charge in [0.2, 0.25) is 0 Å². The molecule has 1 N–H and O–H groups in total. The zero-order valence-corrected chi connectivity index (χ0v) is 19.8. The van der Waals surface area contributed by atoms with Crippen LogP contribution in [0, 0.1) is 0 Å². The lowest BCUT2D eigenvalue weighted by atomic mass is 9.67. The third-order valence-corrected chi connectivity index (χ3v) is 8.96. The number of rotatable bonds is 2. The summed E-state index contributed by atoms with van der Waals surface area (Å²) in [6, 6.07) is 44.4. The number of thiophene rings is 1. The molecule has 0 saturated carbocycles. The molecule has 164 valence electrons. The normalized spacial score (nSPS) is 13.9. The number of hydrogen-bond donors (Lipinski definition) is 1. The molecule has 0 atom stereocenters. The van der Waals surface area contributed by atoms with E-state index in [1.54, 1.807) is 0 Å². The molecular formula is C33H21NS. The van der Waals surface area contributed by atoms with Gasteiger partial charge in [-0.15, -0.1) is 11.3 Å². The summed E-state index contributed by atoms with van der Waals surface area (Å²) in [5.41, 5.74) is 8.85. The van der Waals surface area contributed by atoms with Gasteiger partial charge in [-0.25, -0.2) is 0 Å². The Morgan fingerprint density at radius 3 is 1.94 bits per heavy atom. The SMILES string of the molecule is c1ccc(C2(c3ccccc3)c3ccccc3-c3sc4c(ccc5c6ccccc6[nH]c54)c32)cc1. The molecule has 0 saturated heterocycles. The summed E-state index contributed by atoms with van der Waals surface area (Å²) in [6.07, 6.45) is 0. The zero-order chi connectivity index (χ0) is 23.0. The van der Waals surface area contributed by atoms with Gasteiger partial charge in [0.25, 0.3) is 0 Å². The average molecular weight is 464 g/mol. The van der Waals surface area contributed by atoms with Crippen molar-refractivity contribution in [2.24, 2.45) is 0 Å². The standard InChI is InChI=1S/C33H21NS/c1-3-11-21(12-4-1)33(22-13-5-2-6-14-22)27-17-9-7-16-25(27)31-29(33)26-20-19-24-23-15-8-10-18-28(23)34-30(24)32(26)35-31/h1-20,34H. The topological polar surface area (TPSA) is 15.8 Å². The van der Waals surface area contributed by atoms with E-state index in [0.29, 0.717) is 0 Å². The monoisotopic (exact) mass is 463 g/mol. The second kappa shape index (κ2) is 6.94. The highest BCUT2D eigenvalue weighted by atomic mass is 32.1. The minimum Gasteiger partial charge on any atom is -0.353 e. The molecular weight excluding hydrogens is 442 g/mol. The minimum absolute atomic E-state index is 0.355. The first kappa shape index (κ1) is 19.2. The van der Waals surface area contributed by atoms with Gasteiger partial charge in [-0.3, -0.25) is 0 Å². The van der Waals surface area contributed by atoms with Crippen LogP contribution in [0.4, 0.5) is 0 Å². The van der Waals surface area contributed by atoms with Crippen LogP contribution < -0.4 is 0 Å². The van der Waals surface area contributed by atoms with E-state index in [2.05, 4.69) is 126 Å². The summed E-state index contributed by atoms with van der Waals surface area (Å²) < 4.78 is 1.34. The summed E-state index contributed by atoms with van der Waals surface area (Å²) in [5, 5.41) is 3.93. The second-order valence-corrected chi connectivity index (χ2v) is 10.4. The maximum absolute atomic E-state index is 3.75. The Hall–Kier alpha value is -4.14. The molecule has 0 fully saturated rings. The number of hydrogen-bond acceptors (Lipinski definition) is 1. The number of aromatic amines is 1. The van der Waals surface area contributed by atoms with E-state index in [-0.39, 0.29) is 5.41 Å². The fraction of sp³-hybridized carbons (Fsp3) is 0.0303. The van der Waals surface area contributed by atoms with Crippen molar-refractivity contribution in [3.8, 4) is 10.4 Å². The molecule has 2 heterocycles. The van der Waals surface area contributed by atoms with Gasteiger partial charge in [0, 0.05) is 26.6 Å². The molecule has 2 heteroatoms. The first-order valence-electron chi connectivity index (χ1n) is 12.0. The van der Waals surface area contributed by atoms with Gasteiger partial charge >= 0.3 is 0 Å². The molecule has 8 rings (SSSR count).